The number of furan rings is 1. The molecule has 0 aliphatic carbocycles. The minimum Gasteiger partial charge on any atom is -0.475 e. The maximum atomic E-state index is 10.6. The number of rotatable bonds is 4. The van der Waals surface area contributed by atoms with Crippen LogP contribution in [0.25, 0.3) is 0 Å². The van der Waals surface area contributed by atoms with E-state index in [1.165, 1.54) is 12.3 Å². The smallest absolute Gasteiger partial charge is 0.371 e. The number of carboxylic acids is 1. The predicted molar refractivity (Wildman–Crippen MR) is 61.9 cm³/mol. The molecule has 0 amide bonds. The van der Waals surface area contributed by atoms with Crippen molar-refractivity contribution in [3.8, 4) is 6.07 Å². The average Bonchev–Trinajstić information content (AvgIpc) is 2.85. The summed E-state index contributed by atoms with van der Waals surface area (Å²) < 4.78 is 5.07. The highest BCUT2D eigenvalue weighted by Crippen LogP contribution is 2.14. The number of aromatic carboxylic acids is 1. The van der Waals surface area contributed by atoms with Crippen molar-refractivity contribution in [2.45, 2.75) is 6.54 Å². The number of carbonyl (C=O) groups is 1. The lowest BCUT2D eigenvalue weighted by Gasteiger charge is -2.04. The quantitative estimate of drug-likeness (QED) is 0.850. The minimum atomic E-state index is -1.11. The van der Waals surface area contributed by atoms with Crippen LogP contribution in [0.5, 0.6) is 0 Å². The van der Waals surface area contributed by atoms with Gasteiger partial charge in [0.25, 0.3) is 0 Å². The number of nitriles is 1. The summed E-state index contributed by atoms with van der Waals surface area (Å²) in [4.78, 5) is 14.5. The van der Waals surface area contributed by atoms with Gasteiger partial charge < -0.3 is 14.8 Å². The van der Waals surface area contributed by atoms with E-state index < -0.39 is 5.97 Å². The molecule has 2 N–H and O–H groups in total. The van der Waals surface area contributed by atoms with E-state index in [-0.39, 0.29) is 18.0 Å². The van der Waals surface area contributed by atoms with Crippen LogP contribution in [0.3, 0.4) is 0 Å². The third-order valence-electron chi connectivity index (χ3n) is 2.24. The van der Waals surface area contributed by atoms with Gasteiger partial charge in [0.05, 0.1) is 12.2 Å². The summed E-state index contributed by atoms with van der Waals surface area (Å²) in [5.41, 5.74) is 0.857. The average molecular weight is 243 g/mol. The van der Waals surface area contributed by atoms with Gasteiger partial charge >= 0.3 is 5.97 Å². The Balaban J connectivity index is 2.07. The molecule has 0 saturated heterocycles. The van der Waals surface area contributed by atoms with Gasteiger partial charge in [-0.1, -0.05) is 0 Å². The summed E-state index contributed by atoms with van der Waals surface area (Å²) in [6.45, 7) is 0.285. The zero-order valence-electron chi connectivity index (χ0n) is 9.25. The Hall–Kier alpha value is -2.81. The van der Waals surface area contributed by atoms with E-state index in [9.17, 15) is 4.79 Å². The van der Waals surface area contributed by atoms with Crippen molar-refractivity contribution >= 4 is 11.7 Å². The third kappa shape index (κ3) is 2.47. The zero-order valence-corrected chi connectivity index (χ0v) is 9.25. The molecule has 2 heterocycles. The van der Waals surface area contributed by atoms with Gasteiger partial charge in [0.1, 0.15) is 11.8 Å². The molecule has 2 rings (SSSR count). The van der Waals surface area contributed by atoms with Crippen molar-refractivity contribution in [1.82, 2.24) is 4.98 Å². The Morgan fingerprint density at radius 3 is 3.00 bits per heavy atom. The summed E-state index contributed by atoms with van der Waals surface area (Å²) in [6.07, 6.45) is 1.53. The molecule has 0 aromatic carbocycles. The van der Waals surface area contributed by atoms with Crippen LogP contribution in [0.4, 0.5) is 5.69 Å². The molecule has 0 saturated carbocycles. The lowest BCUT2D eigenvalue weighted by Crippen LogP contribution is -2.01. The van der Waals surface area contributed by atoms with Crippen LogP contribution in [-0.2, 0) is 6.54 Å². The van der Waals surface area contributed by atoms with Gasteiger partial charge in [-0.3, -0.25) is 0 Å². The molecular weight excluding hydrogens is 234 g/mol. The van der Waals surface area contributed by atoms with Crippen LogP contribution < -0.4 is 5.32 Å². The van der Waals surface area contributed by atoms with Crippen molar-refractivity contribution in [1.29, 1.82) is 5.26 Å². The van der Waals surface area contributed by atoms with Crippen LogP contribution in [-0.4, -0.2) is 16.1 Å². The van der Waals surface area contributed by atoms with Crippen LogP contribution in [0.2, 0.25) is 0 Å². The molecule has 6 heteroatoms. The van der Waals surface area contributed by atoms with Gasteiger partial charge in [0, 0.05) is 6.20 Å². The van der Waals surface area contributed by atoms with E-state index >= 15 is 0 Å². The number of nitrogens with zero attached hydrogens (tertiary/aromatic N) is 2. The molecule has 18 heavy (non-hydrogen) atoms. The second kappa shape index (κ2) is 5.01. The fraction of sp³-hybridized carbons (Fsp3) is 0.0833. The summed E-state index contributed by atoms with van der Waals surface area (Å²) in [7, 11) is 0. The second-order valence-electron chi connectivity index (χ2n) is 3.44. The largest absolute Gasteiger partial charge is 0.475 e. The monoisotopic (exact) mass is 243 g/mol. The van der Waals surface area contributed by atoms with E-state index in [4.69, 9.17) is 14.8 Å². The number of carboxylic acid groups (broad SMARTS) is 1. The third-order valence-corrected chi connectivity index (χ3v) is 2.24. The molecule has 0 bridgehead atoms. The Morgan fingerprint density at radius 1 is 1.50 bits per heavy atom. The van der Waals surface area contributed by atoms with E-state index in [1.54, 1.807) is 18.2 Å². The van der Waals surface area contributed by atoms with E-state index in [0.717, 1.165) is 0 Å². The SMILES string of the molecule is N#Cc1ncccc1NCc1ccc(C(=O)O)o1. The summed E-state index contributed by atoms with van der Waals surface area (Å²) in [5.74, 6) is -0.751. The van der Waals surface area contributed by atoms with E-state index in [1.807, 2.05) is 6.07 Å². The predicted octanol–water partition coefficient (Wildman–Crippen LogP) is 1.86. The van der Waals surface area contributed by atoms with Gasteiger partial charge in [-0.05, 0) is 24.3 Å². The molecule has 2 aromatic heterocycles. The van der Waals surface area contributed by atoms with Crippen LogP contribution >= 0.6 is 0 Å². The van der Waals surface area contributed by atoms with Gasteiger partial charge in [-0.25, -0.2) is 9.78 Å². The first-order valence-corrected chi connectivity index (χ1v) is 5.11. The molecule has 6 nitrogen and oxygen atoms in total. The Morgan fingerprint density at radius 2 is 2.33 bits per heavy atom. The van der Waals surface area contributed by atoms with Crippen molar-refractivity contribution in [3.05, 3.63) is 47.7 Å². The molecule has 90 valence electrons. The highest BCUT2D eigenvalue weighted by Gasteiger charge is 2.09. The van der Waals surface area contributed by atoms with Crippen molar-refractivity contribution < 1.29 is 14.3 Å². The number of anilines is 1. The summed E-state index contributed by atoms with van der Waals surface area (Å²) >= 11 is 0. The molecule has 0 aliphatic heterocycles. The van der Waals surface area contributed by atoms with Crippen LogP contribution in [0.15, 0.2) is 34.9 Å². The standard InChI is InChI=1S/C12H9N3O3/c13-6-10-9(2-1-5-14-10)15-7-8-3-4-11(18-8)12(16)17/h1-5,15H,7H2,(H,16,17). The van der Waals surface area contributed by atoms with Crippen LogP contribution in [0.1, 0.15) is 22.0 Å². The lowest BCUT2D eigenvalue weighted by molar-refractivity contribution is 0.0660. The number of nitrogens with one attached hydrogen (secondary N) is 1. The van der Waals surface area contributed by atoms with E-state index in [2.05, 4.69) is 10.3 Å². The molecule has 0 fully saturated rings. The maximum absolute atomic E-state index is 10.6. The molecule has 0 aliphatic rings. The number of hydrogen-bond acceptors (Lipinski definition) is 5. The fourth-order valence-electron chi connectivity index (χ4n) is 1.41. The van der Waals surface area contributed by atoms with E-state index in [0.29, 0.717) is 11.4 Å². The summed E-state index contributed by atoms with van der Waals surface area (Å²) in [5, 5.41) is 20.5. The highest BCUT2D eigenvalue weighted by molar-refractivity contribution is 5.84. The number of hydrogen-bond donors (Lipinski definition) is 2. The Kier molecular flexibility index (Phi) is 3.25. The van der Waals surface area contributed by atoms with Gasteiger partial charge in [0.2, 0.25) is 5.76 Å². The Labute approximate surface area is 102 Å². The molecule has 2 aromatic rings. The first-order valence-electron chi connectivity index (χ1n) is 5.11. The minimum absolute atomic E-state index is 0.113. The highest BCUT2D eigenvalue weighted by atomic mass is 16.4. The van der Waals surface area contributed by atoms with Gasteiger partial charge in [-0.2, -0.15) is 5.26 Å². The normalized spacial score (nSPS) is 9.72. The molecule has 0 spiro atoms. The Bertz CT molecular complexity index is 613. The number of aromatic nitrogens is 1. The molecular formula is C12H9N3O3. The second-order valence-corrected chi connectivity index (χ2v) is 3.44. The first-order chi connectivity index (χ1) is 8.70. The number of pyridine rings is 1. The van der Waals surface area contributed by atoms with Crippen molar-refractivity contribution in [3.63, 3.8) is 0 Å². The van der Waals surface area contributed by atoms with Crippen molar-refractivity contribution in [2.75, 3.05) is 5.32 Å². The van der Waals surface area contributed by atoms with Crippen LogP contribution in [0, 0.1) is 11.3 Å². The zero-order chi connectivity index (χ0) is 13.0. The molecule has 0 atom stereocenters. The molecule has 0 unspecified atom stereocenters. The topological polar surface area (TPSA) is 99.2 Å². The van der Waals surface area contributed by atoms with Gasteiger partial charge in [-0.15, -0.1) is 0 Å². The first kappa shape index (κ1) is 11.7. The fourth-order valence-corrected chi connectivity index (χ4v) is 1.41. The van der Waals surface area contributed by atoms with Crippen molar-refractivity contribution in [2.24, 2.45) is 0 Å². The molecule has 0 radical (unpaired) electrons. The lowest BCUT2D eigenvalue weighted by atomic mass is 10.3. The maximum Gasteiger partial charge on any atom is 0.371 e. The summed E-state index contributed by atoms with van der Waals surface area (Å²) in [6, 6.07) is 8.33. The van der Waals surface area contributed by atoms with Gasteiger partial charge in [0.15, 0.2) is 5.69 Å².